The van der Waals surface area contributed by atoms with Crippen molar-refractivity contribution in [3.63, 3.8) is 0 Å². The maximum absolute atomic E-state index is 12.7. The number of fused-ring (bicyclic) bond motifs is 1. The lowest BCUT2D eigenvalue weighted by Gasteiger charge is -2.22. The number of carbonyl (C=O) groups excluding carboxylic acids is 1. The van der Waals surface area contributed by atoms with E-state index in [1.165, 1.54) is 18.3 Å². The molecule has 0 fully saturated rings. The lowest BCUT2D eigenvalue weighted by molar-refractivity contribution is -0.118. The molecule has 1 aromatic carbocycles. The van der Waals surface area contributed by atoms with Crippen molar-refractivity contribution in [2.75, 3.05) is 16.4 Å². The molecule has 0 spiro atoms. The van der Waals surface area contributed by atoms with Gasteiger partial charge in [0, 0.05) is 12.1 Å². The van der Waals surface area contributed by atoms with E-state index in [0.29, 0.717) is 29.0 Å². The van der Waals surface area contributed by atoms with Crippen LogP contribution in [0, 0.1) is 0 Å². The van der Waals surface area contributed by atoms with E-state index in [4.69, 9.17) is 11.5 Å². The Balaban J connectivity index is 1.94. The molecule has 9 nitrogen and oxygen atoms in total. The average molecular weight is 367 g/mol. The molecule has 0 radical (unpaired) electrons. The summed E-state index contributed by atoms with van der Waals surface area (Å²) in [5.74, 6) is 0.265. The predicted molar refractivity (Wildman–Crippen MR) is 103 cm³/mol. The summed E-state index contributed by atoms with van der Waals surface area (Å²) in [5, 5.41) is 9.52. The van der Waals surface area contributed by atoms with Gasteiger partial charge >= 0.3 is 0 Å². The Bertz CT molecular complexity index is 960. The number of benzene rings is 1. The molecule has 0 atom stereocenters. The van der Waals surface area contributed by atoms with Crippen LogP contribution in [-0.2, 0) is 11.3 Å². The van der Waals surface area contributed by atoms with E-state index in [1.54, 1.807) is 17.0 Å². The van der Waals surface area contributed by atoms with Gasteiger partial charge < -0.3 is 21.5 Å². The first kappa shape index (κ1) is 18.3. The first-order valence-corrected chi connectivity index (χ1v) is 8.62. The molecule has 3 rings (SSSR count). The van der Waals surface area contributed by atoms with Crippen LogP contribution in [0.3, 0.4) is 0 Å². The number of phenolic OH excluding ortho intramolecular Hbond substituents is 1. The van der Waals surface area contributed by atoms with Crippen LogP contribution in [0.15, 0.2) is 30.5 Å². The molecule has 2 aromatic heterocycles. The topological polar surface area (TPSA) is 144 Å². The largest absolute Gasteiger partial charge is 0.508 e. The van der Waals surface area contributed by atoms with E-state index in [2.05, 4.69) is 19.9 Å². The van der Waals surface area contributed by atoms with Crippen molar-refractivity contribution in [2.24, 2.45) is 0 Å². The number of rotatable bonds is 6. The Labute approximate surface area is 156 Å². The van der Waals surface area contributed by atoms with Gasteiger partial charge in [0.05, 0.1) is 18.4 Å². The minimum atomic E-state index is -0.0361. The van der Waals surface area contributed by atoms with Crippen molar-refractivity contribution in [1.82, 2.24) is 19.9 Å². The molecule has 1 amide bonds. The van der Waals surface area contributed by atoms with E-state index in [-0.39, 0.29) is 30.0 Å². The number of nitrogens with zero attached hydrogens (tertiary/aromatic N) is 5. The van der Waals surface area contributed by atoms with Gasteiger partial charge in [0.25, 0.3) is 0 Å². The van der Waals surface area contributed by atoms with E-state index in [1.807, 2.05) is 6.92 Å². The Kier molecular flexibility index (Phi) is 5.30. The number of hydrogen-bond donors (Lipinski definition) is 3. The van der Waals surface area contributed by atoms with E-state index in [9.17, 15) is 9.90 Å². The minimum absolute atomic E-state index is 0.0301. The maximum Gasteiger partial charge on any atom is 0.227 e. The minimum Gasteiger partial charge on any atom is -0.508 e. The number of amides is 1. The van der Waals surface area contributed by atoms with Gasteiger partial charge in [-0.1, -0.05) is 13.3 Å². The normalized spacial score (nSPS) is 10.9. The third-order valence-corrected chi connectivity index (χ3v) is 4.03. The van der Waals surface area contributed by atoms with E-state index in [0.717, 1.165) is 12.8 Å². The summed E-state index contributed by atoms with van der Waals surface area (Å²) in [7, 11) is 0. The molecule has 0 unspecified atom stereocenters. The van der Waals surface area contributed by atoms with Gasteiger partial charge in [0.2, 0.25) is 11.9 Å². The average Bonchev–Trinajstić information content (AvgIpc) is 2.65. The summed E-state index contributed by atoms with van der Waals surface area (Å²) < 4.78 is 0. The summed E-state index contributed by atoms with van der Waals surface area (Å²) in [4.78, 5) is 30.9. The van der Waals surface area contributed by atoms with Crippen LogP contribution in [0.25, 0.3) is 11.2 Å². The SMILES string of the molecule is CCCCC(=O)N(Cc1cnc2nc(N)nc(N)c2n1)c1ccc(O)cc1. The number of unbranched alkanes of at least 4 members (excludes halogenated alkanes) is 1. The highest BCUT2D eigenvalue weighted by Crippen LogP contribution is 2.22. The Morgan fingerprint density at radius 3 is 2.59 bits per heavy atom. The molecule has 2 heterocycles. The molecule has 140 valence electrons. The molecule has 3 aromatic rings. The first-order chi connectivity index (χ1) is 13.0. The molecule has 9 heteroatoms. The van der Waals surface area contributed by atoms with Crippen LogP contribution in [0.2, 0.25) is 0 Å². The zero-order chi connectivity index (χ0) is 19.4. The van der Waals surface area contributed by atoms with Crippen molar-refractivity contribution < 1.29 is 9.90 Å². The standard InChI is InChI=1S/C18H21N7O2/c1-2-3-4-14(27)25(12-5-7-13(26)8-6-12)10-11-9-21-17-15(22-11)16(19)23-18(20)24-17/h5-9,26H,2-4,10H2,1H3,(H4,19,20,21,23,24). The van der Waals surface area contributed by atoms with Gasteiger partial charge in [-0.25, -0.2) is 9.97 Å². The number of phenols is 1. The van der Waals surface area contributed by atoms with Crippen LogP contribution in [0.5, 0.6) is 5.75 Å². The van der Waals surface area contributed by atoms with E-state index < -0.39 is 0 Å². The molecule has 0 bridgehead atoms. The summed E-state index contributed by atoms with van der Waals surface area (Å²) in [6.07, 6.45) is 3.66. The second-order valence-electron chi connectivity index (χ2n) is 6.10. The van der Waals surface area contributed by atoms with Gasteiger partial charge in [0.15, 0.2) is 17.0 Å². The first-order valence-electron chi connectivity index (χ1n) is 8.62. The zero-order valence-corrected chi connectivity index (χ0v) is 15.0. The van der Waals surface area contributed by atoms with Crippen molar-refractivity contribution in [1.29, 1.82) is 0 Å². The van der Waals surface area contributed by atoms with Crippen LogP contribution in [-0.4, -0.2) is 30.9 Å². The number of anilines is 3. The lowest BCUT2D eigenvalue weighted by Crippen LogP contribution is -2.30. The fraction of sp³-hybridized carbons (Fsp3) is 0.278. The summed E-state index contributed by atoms with van der Waals surface area (Å²) in [5.41, 5.74) is 13.3. The highest BCUT2D eigenvalue weighted by atomic mass is 16.3. The van der Waals surface area contributed by atoms with Crippen LogP contribution in [0.1, 0.15) is 31.9 Å². The Morgan fingerprint density at radius 2 is 1.89 bits per heavy atom. The van der Waals surface area contributed by atoms with Gasteiger partial charge in [0.1, 0.15) is 5.75 Å². The molecule has 0 aliphatic carbocycles. The molecule has 0 aliphatic rings. The number of hydrogen-bond acceptors (Lipinski definition) is 8. The summed E-state index contributed by atoms with van der Waals surface area (Å²) >= 11 is 0. The summed E-state index contributed by atoms with van der Waals surface area (Å²) in [6, 6.07) is 6.45. The highest BCUT2D eigenvalue weighted by molar-refractivity contribution is 5.93. The predicted octanol–water partition coefficient (Wildman–Crippen LogP) is 2.01. The Morgan fingerprint density at radius 1 is 1.15 bits per heavy atom. The monoisotopic (exact) mass is 367 g/mol. The van der Waals surface area contributed by atoms with Gasteiger partial charge in [-0.15, -0.1) is 0 Å². The Hall–Kier alpha value is -3.49. The van der Waals surface area contributed by atoms with Crippen molar-refractivity contribution in [2.45, 2.75) is 32.7 Å². The van der Waals surface area contributed by atoms with Crippen LogP contribution >= 0.6 is 0 Å². The number of aromatic hydroxyl groups is 1. The van der Waals surface area contributed by atoms with Crippen molar-refractivity contribution in [3.8, 4) is 5.75 Å². The molecular weight excluding hydrogens is 346 g/mol. The molecule has 5 N–H and O–H groups in total. The second kappa shape index (κ2) is 7.81. The fourth-order valence-electron chi connectivity index (χ4n) is 2.64. The quantitative estimate of drug-likeness (QED) is 0.600. The smallest absolute Gasteiger partial charge is 0.227 e. The fourth-order valence-corrected chi connectivity index (χ4v) is 2.64. The number of nitrogens with two attached hydrogens (primary N) is 2. The third kappa shape index (κ3) is 4.20. The van der Waals surface area contributed by atoms with Crippen LogP contribution in [0.4, 0.5) is 17.5 Å². The van der Waals surface area contributed by atoms with Crippen molar-refractivity contribution >= 4 is 34.5 Å². The number of aromatic nitrogens is 4. The van der Waals surface area contributed by atoms with Gasteiger partial charge in [-0.2, -0.15) is 9.97 Å². The molecule has 0 aliphatic heterocycles. The van der Waals surface area contributed by atoms with Gasteiger partial charge in [-0.3, -0.25) is 4.79 Å². The number of nitrogen functional groups attached to an aromatic ring is 2. The summed E-state index contributed by atoms with van der Waals surface area (Å²) in [6.45, 7) is 2.24. The highest BCUT2D eigenvalue weighted by Gasteiger charge is 2.18. The number of carbonyl (C=O) groups is 1. The molecule has 0 saturated carbocycles. The van der Waals surface area contributed by atoms with Gasteiger partial charge in [-0.05, 0) is 30.7 Å². The van der Waals surface area contributed by atoms with Crippen LogP contribution < -0.4 is 16.4 Å². The van der Waals surface area contributed by atoms with E-state index >= 15 is 0 Å². The molecule has 0 saturated heterocycles. The molecular formula is C18H21N7O2. The lowest BCUT2D eigenvalue weighted by atomic mass is 10.2. The third-order valence-electron chi connectivity index (χ3n) is 4.03. The second-order valence-corrected chi connectivity index (χ2v) is 6.10. The van der Waals surface area contributed by atoms with Crippen molar-refractivity contribution in [3.05, 3.63) is 36.2 Å². The molecule has 27 heavy (non-hydrogen) atoms. The maximum atomic E-state index is 12.7. The zero-order valence-electron chi connectivity index (χ0n) is 15.0.